The van der Waals surface area contributed by atoms with E-state index >= 15 is 0 Å². The van der Waals surface area contributed by atoms with Gasteiger partial charge in [0.25, 0.3) is 0 Å². The van der Waals surface area contributed by atoms with Crippen molar-refractivity contribution in [1.82, 2.24) is 4.72 Å². The van der Waals surface area contributed by atoms with E-state index in [2.05, 4.69) is 4.72 Å². The third-order valence-electron chi connectivity index (χ3n) is 2.77. The van der Waals surface area contributed by atoms with Crippen molar-refractivity contribution in [1.29, 1.82) is 5.26 Å². The van der Waals surface area contributed by atoms with Crippen LogP contribution in [0.2, 0.25) is 5.02 Å². The van der Waals surface area contributed by atoms with E-state index in [1.54, 1.807) is 24.3 Å². The topological polar surface area (TPSA) is 70.0 Å². The highest BCUT2D eigenvalue weighted by Gasteiger charge is 2.17. The minimum Gasteiger partial charge on any atom is -0.210 e. The fourth-order valence-corrected chi connectivity index (χ4v) is 3.96. The predicted octanol–water partition coefficient (Wildman–Crippen LogP) is 3.28. The SMILES string of the molecule is N#Cc1ccccc1S(=O)(=O)NCCSc1ccc(Cl)cc1. The largest absolute Gasteiger partial charge is 0.241 e. The molecule has 0 amide bonds. The van der Waals surface area contributed by atoms with Crippen molar-refractivity contribution in [2.24, 2.45) is 0 Å². The lowest BCUT2D eigenvalue weighted by Gasteiger charge is -2.08. The Labute approximate surface area is 139 Å². The first-order valence-electron chi connectivity index (χ1n) is 6.40. The second-order valence-electron chi connectivity index (χ2n) is 4.31. The van der Waals surface area contributed by atoms with Gasteiger partial charge in [-0.25, -0.2) is 13.1 Å². The molecular formula is C15H13ClN2O2S2. The number of hydrogen-bond acceptors (Lipinski definition) is 4. The van der Waals surface area contributed by atoms with Gasteiger partial charge in [-0.15, -0.1) is 11.8 Å². The molecule has 2 aromatic rings. The van der Waals surface area contributed by atoms with Crippen LogP contribution in [-0.4, -0.2) is 20.7 Å². The van der Waals surface area contributed by atoms with Crippen LogP contribution in [0, 0.1) is 11.3 Å². The molecule has 7 heteroatoms. The molecule has 0 aliphatic rings. The summed E-state index contributed by atoms with van der Waals surface area (Å²) in [5.74, 6) is 0.579. The average Bonchev–Trinajstić information content (AvgIpc) is 2.53. The zero-order chi connectivity index (χ0) is 16.0. The van der Waals surface area contributed by atoms with E-state index < -0.39 is 10.0 Å². The summed E-state index contributed by atoms with van der Waals surface area (Å²) in [7, 11) is -3.67. The smallest absolute Gasteiger partial charge is 0.210 e. The minimum atomic E-state index is -3.67. The Kier molecular flexibility index (Phi) is 5.86. The summed E-state index contributed by atoms with van der Waals surface area (Å²) in [4.78, 5) is 1.02. The summed E-state index contributed by atoms with van der Waals surface area (Å²) in [6.45, 7) is 0.273. The Balaban J connectivity index is 1.93. The van der Waals surface area contributed by atoms with Gasteiger partial charge in [0.2, 0.25) is 10.0 Å². The number of rotatable bonds is 6. The van der Waals surface area contributed by atoms with E-state index in [1.165, 1.54) is 23.9 Å². The lowest BCUT2D eigenvalue weighted by molar-refractivity contribution is 0.584. The maximum absolute atomic E-state index is 12.2. The summed E-state index contributed by atoms with van der Waals surface area (Å²) in [6.07, 6.45) is 0. The highest BCUT2D eigenvalue weighted by Crippen LogP contribution is 2.20. The number of thioether (sulfide) groups is 1. The second-order valence-corrected chi connectivity index (χ2v) is 7.65. The van der Waals surface area contributed by atoms with E-state index in [0.717, 1.165) is 4.90 Å². The van der Waals surface area contributed by atoms with Crippen LogP contribution < -0.4 is 4.72 Å². The molecule has 0 aromatic heterocycles. The molecule has 0 heterocycles. The number of nitrogens with one attached hydrogen (secondary N) is 1. The molecule has 0 bridgehead atoms. The summed E-state index contributed by atoms with van der Waals surface area (Å²) in [5, 5.41) is 9.63. The Morgan fingerprint density at radius 1 is 1.14 bits per heavy atom. The number of sulfonamides is 1. The van der Waals surface area contributed by atoms with Crippen molar-refractivity contribution in [3.63, 3.8) is 0 Å². The van der Waals surface area contributed by atoms with Gasteiger partial charge in [0, 0.05) is 22.2 Å². The molecule has 0 unspecified atom stereocenters. The maximum atomic E-state index is 12.2. The van der Waals surface area contributed by atoms with E-state index in [9.17, 15) is 8.42 Å². The summed E-state index contributed by atoms with van der Waals surface area (Å²) in [5.41, 5.74) is 0.139. The zero-order valence-corrected chi connectivity index (χ0v) is 13.9. The third kappa shape index (κ3) is 4.49. The molecular weight excluding hydrogens is 340 g/mol. The van der Waals surface area contributed by atoms with Crippen molar-refractivity contribution in [3.8, 4) is 6.07 Å². The van der Waals surface area contributed by atoms with Crippen LogP contribution in [0.1, 0.15) is 5.56 Å². The molecule has 0 aliphatic carbocycles. The van der Waals surface area contributed by atoms with Crippen molar-refractivity contribution in [3.05, 3.63) is 59.1 Å². The lowest BCUT2D eigenvalue weighted by atomic mass is 10.2. The van der Waals surface area contributed by atoms with Gasteiger partial charge in [0.15, 0.2) is 0 Å². The van der Waals surface area contributed by atoms with E-state index in [4.69, 9.17) is 16.9 Å². The molecule has 0 fully saturated rings. The molecule has 1 N–H and O–H groups in total. The first kappa shape index (κ1) is 16.8. The molecule has 0 spiro atoms. The van der Waals surface area contributed by atoms with Crippen molar-refractivity contribution in [2.75, 3.05) is 12.3 Å². The third-order valence-corrected chi connectivity index (χ3v) is 5.56. The van der Waals surface area contributed by atoms with Crippen LogP contribution in [0.4, 0.5) is 0 Å². The molecule has 2 rings (SSSR count). The number of nitriles is 1. The highest BCUT2D eigenvalue weighted by atomic mass is 35.5. The van der Waals surface area contributed by atoms with Crippen molar-refractivity contribution < 1.29 is 8.42 Å². The van der Waals surface area contributed by atoms with Crippen LogP contribution in [0.3, 0.4) is 0 Å². The molecule has 4 nitrogen and oxygen atoms in total. The second kappa shape index (κ2) is 7.65. The fourth-order valence-electron chi connectivity index (χ4n) is 1.75. The molecule has 0 aliphatic heterocycles. The monoisotopic (exact) mass is 352 g/mol. The van der Waals surface area contributed by atoms with Gasteiger partial charge in [-0.05, 0) is 36.4 Å². The standard InChI is InChI=1S/C15H13ClN2O2S2/c16-13-5-7-14(8-6-13)21-10-9-18-22(19,20)15-4-2-1-3-12(15)11-17/h1-8,18H,9-10H2. The van der Waals surface area contributed by atoms with Gasteiger partial charge in [-0.1, -0.05) is 23.7 Å². The van der Waals surface area contributed by atoms with Crippen LogP contribution in [0.15, 0.2) is 58.3 Å². The molecule has 114 valence electrons. The van der Waals surface area contributed by atoms with Crippen LogP contribution in [-0.2, 0) is 10.0 Å². The normalized spacial score (nSPS) is 11.1. The van der Waals surface area contributed by atoms with Gasteiger partial charge >= 0.3 is 0 Å². The van der Waals surface area contributed by atoms with Crippen LogP contribution >= 0.6 is 23.4 Å². The highest BCUT2D eigenvalue weighted by molar-refractivity contribution is 7.99. The molecule has 0 atom stereocenters. The van der Waals surface area contributed by atoms with Crippen molar-refractivity contribution >= 4 is 33.4 Å². The number of halogens is 1. The Morgan fingerprint density at radius 3 is 2.50 bits per heavy atom. The molecule has 0 saturated heterocycles. The average molecular weight is 353 g/mol. The molecule has 2 aromatic carbocycles. The quantitative estimate of drug-likeness (QED) is 0.639. The Bertz CT molecular complexity index is 784. The Hall–Kier alpha value is -1.52. The van der Waals surface area contributed by atoms with Crippen LogP contribution in [0.25, 0.3) is 0 Å². The van der Waals surface area contributed by atoms with Crippen molar-refractivity contribution in [2.45, 2.75) is 9.79 Å². The Morgan fingerprint density at radius 2 is 1.82 bits per heavy atom. The van der Waals surface area contributed by atoms with Crippen LogP contribution in [0.5, 0.6) is 0 Å². The lowest BCUT2D eigenvalue weighted by Crippen LogP contribution is -2.26. The summed E-state index contributed by atoms with van der Waals surface area (Å²) < 4.78 is 26.9. The first-order valence-corrected chi connectivity index (χ1v) is 9.25. The van der Waals surface area contributed by atoms with E-state index in [1.807, 2.05) is 18.2 Å². The number of hydrogen-bond donors (Lipinski definition) is 1. The number of benzene rings is 2. The molecule has 0 saturated carbocycles. The molecule has 0 radical (unpaired) electrons. The van der Waals surface area contributed by atoms with E-state index in [0.29, 0.717) is 10.8 Å². The first-order chi connectivity index (χ1) is 10.5. The fraction of sp³-hybridized carbons (Fsp3) is 0.133. The van der Waals surface area contributed by atoms with E-state index in [-0.39, 0.29) is 17.0 Å². The molecule has 22 heavy (non-hydrogen) atoms. The minimum absolute atomic E-state index is 0.00833. The van der Waals surface area contributed by atoms with Gasteiger partial charge < -0.3 is 0 Å². The van der Waals surface area contributed by atoms with Gasteiger partial charge in [0.1, 0.15) is 6.07 Å². The van der Waals surface area contributed by atoms with Gasteiger partial charge in [0.05, 0.1) is 10.5 Å². The maximum Gasteiger partial charge on any atom is 0.241 e. The van der Waals surface area contributed by atoms with Gasteiger partial charge in [-0.2, -0.15) is 5.26 Å². The van der Waals surface area contributed by atoms with Gasteiger partial charge in [-0.3, -0.25) is 0 Å². The summed E-state index contributed by atoms with van der Waals surface area (Å²) >= 11 is 7.33. The summed E-state index contributed by atoms with van der Waals surface area (Å²) in [6, 6.07) is 15.4. The zero-order valence-electron chi connectivity index (χ0n) is 11.5. The predicted molar refractivity (Wildman–Crippen MR) is 88.5 cm³/mol. The number of nitrogens with zero attached hydrogens (tertiary/aromatic N) is 1.